The Balaban J connectivity index is 1.39. The summed E-state index contributed by atoms with van der Waals surface area (Å²) in [6.45, 7) is 0. The zero-order valence-electron chi connectivity index (χ0n) is 16.2. The topological polar surface area (TPSA) is 97.8 Å². The maximum Gasteiger partial charge on any atom is 0.256 e. The van der Waals surface area contributed by atoms with Gasteiger partial charge in [-0.1, -0.05) is 29.8 Å². The zero-order valence-corrected chi connectivity index (χ0v) is 17.0. The van der Waals surface area contributed by atoms with Crippen molar-refractivity contribution >= 4 is 39.2 Å². The number of carbonyl (C=O) groups excluding carboxylic acids is 1. The van der Waals surface area contributed by atoms with E-state index >= 15 is 0 Å². The first-order chi connectivity index (χ1) is 14.5. The average molecular weight is 421 g/mol. The molecule has 1 amide bonds. The van der Waals surface area contributed by atoms with E-state index in [0.717, 1.165) is 35.6 Å². The normalized spacial score (nSPS) is 23.5. The number of benzene rings is 2. The molecule has 5 rings (SSSR count). The van der Waals surface area contributed by atoms with Crippen molar-refractivity contribution < 1.29 is 4.79 Å². The number of nitrogens with zero attached hydrogens (tertiary/aromatic N) is 1. The lowest BCUT2D eigenvalue weighted by Crippen LogP contribution is -2.50. The van der Waals surface area contributed by atoms with Crippen molar-refractivity contribution in [2.45, 2.75) is 43.8 Å². The highest BCUT2D eigenvalue weighted by Crippen LogP contribution is 2.35. The van der Waals surface area contributed by atoms with Crippen LogP contribution in [0.3, 0.4) is 0 Å². The van der Waals surface area contributed by atoms with Crippen LogP contribution in [-0.2, 0) is 11.2 Å². The summed E-state index contributed by atoms with van der Waals surface area (Å²) in [5.41, 5.74) is 1.31. The molecule has 1 saturated heterocycles. The standard InChI is InChI=1S/C23H21ClN4O2/c24-14-3-6-18-17-5-1-12(8-19(17)22(29)28-20(18)10-14)7-16(11-25)27-23(30)21-13-2-4-15(9-13)26-21/h1,3,5-6,8,10,13,15-16,21,26H,2,4,7,9H2,(H,27,30)(H,28,29)/t13-,15+,16?,21-/m0/s1. The number of pyridine rings is 1. The third-order valence-corrected chi connectivity index (χ3v) is 6.64. The number of H-pyrrole nitrogens is 1. The highest BCUT2D eigenvalue weighted by Gasteiger charge is 2.43. The van der Waals surface area contributed by atoms with Gasteiger partial charge in [-0.05, 0) is 54.3 Å². The van der Waals surface area contributed by atoms with Gasteiger partial charge in [-0.25, -0.2) is 0 Å². The average Bonchev–Trinajstić information content (AvgIpc) is 3.37. The van der Waals surface area contributed by atoms with Crippen molar-refractivity contribution in [3.05, 3.63) is 57.3 Å². The number of nitriles is 1. The largest absolute Gasteiger partial charge is 0.339 e. The Bertz CT molecular complexity index is 1260. The molecule has 2 heterocycles. The van der Waals surface area contributed by atoms with Crippen molar-refractivity contribution in [2.24, 2.45) is 5.92 Å². The number of rotatable bonds is 4. The summed E-state index contributed by atoms with van der Waals surface area (Å²) in [6, 6.07) is 12.8. The highest BCUT2D eigenvalue weighted by molar-refractivity contribution is 6.31. The van der Waals surface area contributed by atoms with Gasteiger partial charge in [0, 0.05) is 28.3 Å². The molecule has 1 aromatic heterocycles. The molecule has 1 saturated carbocycles. The highest BCUT2D eigenvalue weighted by atomic mass is 35.5. The summed E-state index contributed by atoms with van der Waals surface area (Å²) in [5.74, 6) is 0.269. The number of nitrogens with one attached hydrogen (secondary N) is 3. The van der Waals surface area contributed by atoms with Gasteiger partial charge in [-0.15, -0.1) is 0 Å². The van der Waals surface area contributed by atoms with Crippen molar-refractivity contribution in [3.63, 3.8) is 0 Å². The van der Waals surface area contributed by atoms with Crippen molar-refractivity contribution in [2.75, 3.05) is 0 Å². The number of hydrogen-bond donors (Lipinski definition) is 3. The fourth-order valence-corrected chi connectivity index (χ4v) is 5.13. The Morgan fingerprint density at radius 3 is 2.77 bits per heavy atom. The van der Waals surface area contributed by atoms with Crippen LogP contribution in [0.5, 0.6) is 0 Å². The van der Waals surface area contributed by atoms with E-state index in [9.17, 15) is 14.9 Å². The molecule has 2 fully saturated rings. The van der Waals surface area contributed by atoms with Crippen LogP contribution in [0.2, 0.25) is 5.02 Å². The second kappa shape index (κ2) is 7.42. The summed E-state index contributed by atoms with van der Waals surface area (Å²) >= 11 is 6.04. The molecular weight excluding hydrogens is 400 g/mol. The van der Waals surface area contributed by atoms with Gasteiger partial charge in [0.15, 0.2) is 0 Å². The van der Waals surface area contributed by atoms with Crippen LogP contribution in [0.1, 0.15) is 24.8 Å². The van der Waals surface area contributed by atoms with Gasteiger partial charge in [-0.3, -0.25) is 9.59 Å². The van der Waals surface area contributed by atoms with Crippen molar-refractivity contribution in [1.29, 1.82) is 5.26 Å². The molecule has 4 atom stereocenters. The van der Waals surface area contributed by atoms with E-state index in [-0.39, 0.29) is 17.5 Å². The molecule has 0 spiro atoms. The number of piperidine rings is 1. The van der Waals surface area contributed by atoms with Crippen LogP contribution in [-0.4, -0.2) is 29.0 Å². The Hall–Kier alpha value is -2.88. The van der Waals surface area contributed by atoms with Crippen LogP contribution in [0, 0.1) is 17.2 Å². The molecule has 1 aliphatic carbocycles. The molecule has 3 N–H and O–H groups in total. The summed E-state index contributed by atoms with van der Waals surface area (Å²) in [7, 11) is 0. The molecule has 2 bridgehead atoms. The SMILES string of the molecule is N#CC(Cc1ccc2c(c1)c(=O)[nH]c1cc(Cl)ccc12)NC(=O)[C@H]1N[C@@H]2CC[C@H]1C2. The first kappa shape index (κ1) is 19.1. The van der Waals surface area contributed by atoms with Crippen LogP contribution in [0.4, 0.5) is 0 Å². The van der Waals surface area contributed by atoms with E-state index in [1.54, 1.807) is 18.2 Å². The van der Waals surface area contributed by atoms with Crippen molar-refractivity contribution in [3.8, 4) is 6.07 Å². The predicted molar refractivity (Wildman–Crippen MR) is 116 cm³/mol. The molecule has 1 unspecified atom stereocenters. The van der Waals surface area contributed by atoms with Crippen LogP contribution < -0.4 is 16.2 Å². The van der Waals surface area contributed by atoms with Gasteiger partial charge < -0.3 is 15.6 Å². The number of aromatic amines is 1. The molecule has 3 aromatic rings. The first-order valence-electron chi connectivity index (χ1n) is 10.2. The Labute approximate surface area is 178 Å². The summed E-state index contributed by atoms with van der Waals surface area (Å²) in [5, 5.41) is 18.7. The number of aromatic nitrogens is 1. The Morgan fingerprint density at radius 2 is 2.03 bits per heavy atom. The minimum Gasteiger partial charge on any atom is -0.339 e. The second-order valence-electron chi connectivity index (χ2n) is 8.33. The van der Waals surface area contributed by atoms with Crippen molar-refractivity contribution in [1.82, 2.24) is 15.6 Å². The first-order valence-corrected chi connectivity index (χ1v) is 10.6. The van der Waals surface area contributed by atoms with E-state index in [1.807, 2.05) is 18.2 Å². The molecule has 6 nitrogen and oxygen atoms in total. The number of halogens is 1. The molecule has 0 radical (unpaired) electrons. The lowest BCUT2D eigenvalue weighted by atomic mass is 9.98. The van der Waals surface area contributed by atoms with E-state index in [2.05, 4.69) is 21.7 Å². The fraction of sp³-hybridized carbons (Fsp3) is 0.348. The third kappa shape index (κ3) is 3.34. The third-order valence-electron chi connectivity index (χ3n) is 6.40. The fourth-order valence-electron chi connectivity index (χ4n) is 4.96. The zero-order chi connectivity index (χ0) is 20.8. The number of fused-ring (bicyclic) bond motifs is 5. The minimum absolute atomic E-state index is 0.102. The van der Waals surface area contributed by atoms with E-state index in [1.165, 1.54) is 0 Å². The van der Waals surface area contributed by atoms with Gasteiger partial charge >= 0.3 is 0 Å². The van der Waals surface area contributed by atoms with Crippen LogP contribution in [0.15, 0.2) is 41.2 Å². The lowest BCUT2D eigenvalue weighted by molar-refractivity contribution is -0.124. The quantitative estimate of drug-likeness (QED) is 0.565. The maximum absolute atomic E-state index is 12.6. The molecule has 7 heteroatoms. The molecular formula is C23H21ClN4O2. The second-order valence-corrected chi connectivity index (χ2v) is 8.77. The summed E-state index contributed by atoms with van der Waals surface area (Å²) in [6.07, 6.45) is 3.58. The molecule has 152 valence electrons. The monoisotopic (exact) mass is 420 g/mol. The molecule has 1 aliphatic heterocycles. The van der Waals surface area contributed by atoms with E-state index in [4.69, 9.17) is 11.6 Å². The summed E-state index contributed by atoms with van der Waals surface area (Å²) in [4.78, 5) is 28.1. The maximum atomic E-state index is 12.6. The molecule has 2 aromatic carbocycles. The Morgan fingerprint density at radius 1 is 1.20 bits per heavy atom. The van der Waals surface area contributed by atoms with Gasteiger partial charge in [0.25, 0.3) is 5.56 Å². The van der Waals surface area contributed by atoms with Crippen LogP contribution >= 0.6 is 11.6 Å². The summed E-state index contributed by atoms with van der Waals surface area (Å²) < 4.78 is 0. The van der Waals surface area contributed by atoms with E-state index < -0.39 is 6.04 Å². The van der Waals surface area contributed by atoms with Crippen LogP contribution in [0.25, 0.3) is 21.7 Å². The van der Waals surface area contributed by atoms with Gasteiger partial charge in [0.05, 0.1) is 17.6 Å². The molecule has 30 heavy (non-hydrogen) atoms. The van der Waals surface area contributed by atoms with Gasteiger partial charge in [0.2, 0.25) is 5.91 Å². The van der Waals surface area contributed by atoms with Gasteiger partial charge in [0.1, 0.15) is 6.04 Å². The lowest BCUT2D eigenvalue weighted by Gasteiger charge is -2.23. The predicted octanol–water partition coefficient (Wildman–Crippen LogP) is 3.03. The van der Waals surface area contributed by atoms with Gasteiger partial charge in [-0.2, -0.15) is 5.26 Å². The molecule has 2 aliphatic rings. The number of hydrogen-bond acceptors (Lipinski definition) is 4. The number of amides is 1. The minimum atomic E-state index is -0.644. The van der Waals surface area contributed by atoms with E-state index in [0.29, 0.717) is 34.3 Å². The number of carbonyl (C=O) groups is 1. The smallest absolute Gasteiger partial charge is 0.256 e. The Kier molecular flexibility index (Phi) is 4.73.